The molecule has 0 saturated carbocycles. The summed E-state index contributed by atoms with van der Waals surface area (Å²) in [5.41, 5.74) is 0. The third-order valence-electron chi connectivity index (χ3n) is 2.00. The molecule has 0 aliphatic heterocycles. The molecule has 0 aliphatic carbocycles. The first-order valence-electron chi connectivity index (χ1n) is 3.82. The number of hydrogen-bond acceptors (Lipinski definition) is 0. The predicted octanol–water partition coefficient (Wildman–Crippen LogP) is -0.643. The zero-order valence-electron chi connectivity index (χ0n) is 6.62. The maximum atomic E-state index is 2.22. The Hall–Kier alpha value is -0.183. The fourth-order valence-electron chi connectivity index (χ4n) is 1.31. The molecular formula is C10H10As2. The molecule has 12 heavy (non-hydrogen) atoms. The number of fused-ring (bicyclic) bond motifs is 1. The van der Waals surface area contributed by atoms with Gasteiger partial charge in [-0.2, -0.15) is 0 Å². The van der Waals surface area contributed by atoms with Crippen molar-refractivity contribution in [2.45, 2.75) is 0 Å². The molecule has 2 unspecified atom stereocenters. The molecule has 0 spiro atoms. The summed E-state index contributed by atoms with van der Waals surface area (Å²) in [6.07, 6.45) is 0. The summed E-state index contributed by atoms with van der Waals surface area (Å²) in [4.78, 5) is 0. The van der Waals surface area contributed by atoms with E-state index in [1.165, 1.54) is 19.5 Å². The molecular weight excluding hydrogens is 270 g/mol. The van der Waals surface area contributed by atoms with Crippen LogP contribution >= 0.6 is 0 Å². The van der Waals surface area contributed by atoms with Gasteiger partial charge in [0.2, 0.25) is 0 Å². The summed E-state index contributed by atoms with van der Waals surface area (Å²) in [7, 11) is 0. The van der Waals surface area contributed by atoms with Gasteiger partial charge in [0.05, 0.1) is 0 Å². The van der Waals surface area contributed by atoms with Gasteiger partial charge in [0.15, 0.2) is 0 Å². The van der Waals surface area contributed by atoms with E-state index >= 15 is 0 Å². The summed E-state index contributed by atoms with van der Waals surface area (Å²) in [6, 6.07) is 13.0. The summed E-state index contributed by atoms with van der Waals surface area (Å²) in [6.45, 7) is 0. The summed E-state index contributed by atoms with van der Waals surface area (Å²) in [5.74, 6) is 0. The van der Waals surface area contributed by atoms with Crippen LogP contribution in [0.4, 0.5) is 0 Å². The molecule has 0 nitrogen and oxygen atoms in total. The van der Waals surface area contributed by atoms with Crippen LogP contribution in [0.1, 0.15) is 0 Å². The molecule has 0 aromatic heterocycles. The van der Waals surface area contributed by atoms with Crippen molar-refractivity contribution in [2.24, 2.45) is 0 Å². The van der Waals surface area contributed by atoms with Crippen LogP contribution in [-0.2, 0) is 0 Å². The van der Waals surface area contributed by atoms with Crippen molar-refractivity contribution < 1.29 is 0 Å². The minimum atomic E-state index is 1.36. The van der Waals surface area contributed by atoms with Gasteiger partial charge in [0, 0.05) is 0 Å². The van der Waals surface area contributed by atoms with E-state index in [2.05, 4.69) is 36.4 Å². The number of benzene rings is 2. The maximum absolute atomic E-state index is 2.22. The Labute approximate surface area is 89.4 Å². The van der Waals surface area contributed by atoms with Crippen molar-refractivity contribution in [3.05, 3.63) is 36.4 Å². The van der Waals surface area contributed by atoms with Gasteiger partial charge in [0.1, 0.15) is 0 Å². The topological polar surface area (TPSA) is 0 Å². The second kappa shape index (κ2) is 3.28. The Kier molecular flexibility index (Phi) is 2.30. The Morgan fingerprint density at radius 3 is 2.42 bits per heavy atom. The monoisotopic (exact) mass is 280 g/mol. The number of hydrogen-bond donors (Lipinski definition) is 0. The summed E-state index contributed by atoms with van der Waals surface area (Å²) < 4.78 is 2.95. The molecule has 2 atom stereocenters. The molecule has 0 N–H and O–H groups in total. The molecule has 0 heterocycles. The van der Waals surface area contributed by atoms with Crippen molar-refractivity contribution in [3.63, 3.8) is 0 Å². The molecule has 0 aliphatic rings. The third kappa shape index (κ3) is 1.35. The predicted molar refractivity (Wildman–Crippen MR) is 60.3 cm³/mol. The fourth-order valence-corrected chi connectivity index (χ4v) is 2.59. The molecule has 0 saturated heterocycles. The van der Waals surface area contributed by atoms with E-state index in [0.717, 1.165) is 0 Å². The first-order chi connectivity index (χ1) is 5.79. The van der Waals surface area contributed by atoms with E-state index in [0.29, 0.717) is 0 Å². The summed E-state index contributed by atoms with van der Waals surface area (Å²) in [5, 5.41) is 2.78. The molecule has 0 radical (unpaired) electrons. The van der Waals surface area contributed by atoms with E-state index in [4.69, 9.17) is 0 Å². The van der Waals surface area contributed by atoms with E-state index in [9.17, 15) is 0 Å². The number of rotatable bonds is 0. The van der Waals surface area contributed by atoms with Crippen LogP contribution in [0.3, 0.4) is 0 Å². The van der Waals surface area contributed by atoms with Crippen molar-refractivity contribution in [1.29, 1.82) is 0 Å². The standard InChI is InChI=1S/C10H10As2/c11-9-6-5-7-3-1-2-4-8(7)10(9)12/h1-6H,11-12H2. The molecule has 0 bridgehead atoms. The van der Waals surface area contributed by atoms with Crippen LogP contribution in [0.5, 0.6) is 0 Å². The zero-order valence-corrected chi connectivity index (χ0v) is 11.5. The van der Waals surface area contributed by atoms with Crippen molar-refractivity contribution >= 4 is 53.2 Å². The van der Waals surface area contributed by atoms with Gasteiger partial charge in [-0.15, -0.1) is 0 Å². The second-order valence-corrected chi connectivity index (χ2v) is 5.31. The van der Waals surface area contributed by atoms with Crippen molar-refractivity contribution in [1.82, 2.24) is 0 Å². The zero-order chi connectivity index (χ0) is 8.55. The van der Waals surface area contributed by atoms with Crippen LogP contribution in [0.2, 0.25) is 0 Å². The first kappa shape index (κ1) is 8.42. The van der Waals surface area contributed by atoms with E-state index in [1.54, 1.807) is 33.7 Å². The van der Waals surface area contributed by atoms with Crippen LogP contribution in [0.15, 0.2) is 36.4 Å². The van der Waals surface area contributed by atoms with E-state index in [-0.39, 0.29) is 0 Å². The normalized spacial score (nSPS) is 10.5. The van der Waals surface area contributed by atoms with Gasteiger partial charge in [0.25, 0.3) is 0 Å². The SMILES string of the molecule is [AsH2]c1ccc2ccccc2c1[AsH2]. The third-order valence-corrected chi connectivity index (χ3v) is 5.88. The molecule has 2 aromatic rings. The quantitative estimate of drug-likeness (QED) is 0.563. The van der Waals surface area contributed by atoms with Gasteiger partial charge in [-0.1, -0.05) is 0 Å². The Morgan fingerprint density at radius 2 is 1.58 bits per heavy atom. The van der Waals surface area contributed by atoms with Crippen LogP contribution < -0.4 is 8.70 Å². The van der Waals surface area contributed by atoms with E-state index < -0.39 is 0 Å². The molecule has 0 fully saturated rings. The van der Waals surface area contributed by atoms with Gasteiger partial charge in [-0.05, 0) is 0 Å². The van der Waals surface area contributed by atoms with Crippen LogP contribution in [0, 0.1) is 0 Å². The molecule has 2 aromatic carbocycles. The molecule has 60 valence electrons. The van der Waals surface area contributed by atoms with Gasteiger partial charge in [-0.3, -0.25) is 0 Å². The van der Waals surface area contributed by atoms with Gasteiger partial charge >= 0.3 is 89.6 Å². The van der Waals surface area contributed by atoms with Gasteiger partial charge in [-0.25, -0.2) is 0 Å². The fraction of sp³-hybridized carbons (Fsp3) is 0. The Morgan fingerprint density at radius 1 is 0.833 bits per heavy atom. The van der Waals surface area contributed by atoms with Crippen molar-refractivity contribution in [3.8, 4) is 0 Å². The summed E-state index contributed by atoms with van der Waals surface area (Å²) >= 11 is 3.44. The molecule has 0 amide bonds. The Balaban J connectivity index is 2.91. The van der Waals surface area contributed by atoms with Gasteiger partial charge < -0.3 is 0 Å². The minimum absolute atomic E-state index is 1.36. The Bertz CT molecular complexity index is 421. The van der Waals surface area contributed by atoms with Crippen LogP contribution in [-0.4, -0.2) is 33.7 Å². The first-order valence-corrected chi connectivity index (χ1v) is 6.24. The second-order valence-electron chi connectivity index (χ2n) is 2.79. The van der Waals surface area contributed by atoms with Crippen LogP contribution in [0.25, 0.3) is 10.8 Å². The molecule has 2 heteroatoms. The van der Waals surface area contributed by atoms with Crippen molar-refractivity contribution in [2.75, 3.05) is 0 Å². The average Bonchev–Trinajstić information content (AvgIpc) is 2.12. The van der Waals surface area contributed by atoms with E-state index in [1.807, 2.05) is 0 Å². The molecule has 2 rings (SSSR count). The average molecular weight is 280 g/mol.